The number of carboxylic acids is 1. The van der Waals surface area contributed by atoms with Crippen molar-refractivity contribution >= 4 is 23.8 Å². The first-order chi connectivity index (χ1) is 12.3. The van der Waals surface area contributed by atoms with Crippen LogP contribution in [0.3, 0.4) is 0 Å². The zero-order chi connectivity index (χ0) is 19.5. The molecule has 26 heavy (non-hydrogen) atoms. The summed E-state index contributed by atoms with van der Waals surface area (Å²) < 4.78 is 4.32. The van der Waals surface area contributed by atoms with Crippen molar-refractivity contribution < 1.29 is 29.0 Å². The van der Waals surface area contributed by atoms with E-state index in [0.29, 0.717) is 0 Å². The lowest BCUT2D eigenvalue weighted by Crippen LogP contribution is -2.53. The molecule has 9 heteroatoms. The molecule has 140 valence electrons. The first kappa shape index (κ1) is 20.8. The molecule has 2 amide bonds. The Balaban J connectivity index is 2.55. The summed E-state index contributed by atoms with van der Waals surface area (Å²) in [6, 6.07) is 6.74. The largest absolute Gasteiger partial charge is 0.480 e. The van der Waals surface area contributed by atoms with Crippen molar-refractivity contribution in [2.24, 2.45) is 5.73 Å². The van der Waals surface area contributed by atoms with E-state index < -0.39 is 35.8 Å². The molecule has 0 spiro atoms. The van der Waals surface area contributed by atoms with Crippen molar-refractivity contribution in [2.45, 2.75) is 18.5 Å². The van der Waals surface area contributed by atoms with E-state index in [9.17, 15) is 19.2 Å². The van der Waals surface area contributed by atoms with Gasteiger partial charge in [0.1, 0.15) is 6.04 Å². The lowest BCUT2D eigenvalue weighted by Gasteiger charge is -2.18. The van der Waals surface area contributed by atoms with Crippen molar-refractivity contribution in [2.75, 3.05) is 13.7 Å². The number of benzene rings is 1. The van der Waals surface area contributed by atoms with Gasteiger partial charge in [0.05, 0.1) is 13.2 Å². The molecule has 0 fully saturated rings. The number of nitrogens with two attached hydrogens (primary N) is 1. The zero-order valence-corrected chi connectivity index (χ0v) is 14.2. The molecular weight excluding hydrogens is 342 g/mol. The summed E-state index contributed by atoms with van der Waals surface area (Å²) in [6.45, 7) is -0.372. The van der Waals surface area contributed by atoms with Crippen LogP contribution in [0.5, 0.6) is 0 Å². The lowest BCUT2D eigenvalue weighted by atomic mass is 10.1. The summed E-state index contributed by atoms with van der Waals surface area (Å²) in [5, 5.41) is 13.7. The van der Waals surface area contributed by atoms with E-state index in [-0.39, 0.29) is 13.0 Å². The van der Waals surface area contributed by atoms with Crippen LogP contribution in [0.4, 0.5) is 0 Å². The maximum atomic E-state index is 12.1. The van der Waals surface area contributed by atoms with E-state index in [2.05, 4.69) is 15.4 Å². The highest BCUT2D eigenvalue weighted by molar-refractivity contribution is 5.95. The van der Waals surface area contributed by atoms with Crippen LogP contribution >= 0.6 is 0 Å². The first-order valence-electron chi connectivity index (χ1n) is 7.70. The summed E-state index contributed by atoms with van der Waals surface area (Å²) in [6.07, 6.45) is 2.03. The van der Waals surface area contributed by atoms with Gasteiger partial charge in [0.2, 0.25) is 11.8 Å². The molecule has 1 rings (SSSR count). The predicted octanol–water partition coefficient (Wildman–Crippen LogP) is -1.03. The highest BCUT2D eigenvalue weighted by atomic mass is 16.5. The number of carbonyl (C=O) groups excluding carboxylic acids is 3. The molecule has 0 heterocycles. The summed E-state index contributed by atoms with van der Waals surface area (Å²) in [7, 11) is 1.15. The maximum absolute atomic E-state index is 12.1. The predicted molar refractivity (Wildman–Crippen MR) is 91.9 cm³/mol. The molecule has 5 N–H and O–H groups in total. The zero-order valence-electron chi connectivity index (χ0n) is 14.2. The molecular formula is C17H21N3O6. The molecule has 1 aromatic rings. The molecule has 0 aliphatic carbocycles. The normalized spacial score (nSPS) is 12.8. The van der Waals surface area contributed by atoms with Crippen molar-refractivity contribution in [1.29, 1.82) is 0 Å². The van der Waals surface area contributed by atoms with E-state index in [4.69, 9.17) is 10.8 Å². The number of carbonyl (C=O) groups is 4. The van der Waals surface area contributed by atoms with Crippen LogP contribution in [0.1, 0.15) is 5.56 Å². The van der Waals surface area contributed by atoms with Crippen LogP contribution in [0.25, 0.3) is 0 Å². The summed E-state index contributed by atoms with van der Waals surface area (Å²) in [4.78, 5) is 45.7. The molecule has 0 bridgehead atoms. The van der Waals surface area contributed by atoms with Gasteiger partial charge in [-0.1, -0.05) is 30.3 Å². The van der Waals surface area contributed by atoms with Gasteiger partial charge in [-0.2, -0.15) is 0 Å². The number of aliphatic carboxylic acids is 1. The smallest absolute Gasteiger partial charge is 0.330 e. The second-order valence-electron chi connectivity index (χ2n) is 5.30. The second-order valence-corrected chi connectivity index (χ2v) is 5.30. The van der Waals surface area contributed by atoms with Gasteiger partial charge in [0, 0.05) is 18.7 Å². The van der Waals surface area contributed by atoms with Gasteiger partial charge in [-0.25, -0.2) is 9.59 Å². The minimum atomic E-state index is -1.36. The summed E-state index contributed by atoms with van der Waals surface area (Å²) in [5.74, 6) is -3.41. The molecule has 0 aliphatic rings. The highest BCUT2D eigenvalue weighted by Gasteiger charge is 2.23. The Hall–Kier alpha value is -3.20. The molecule has 1 aromatic carbocycles. The fourth-order valence-corrected chi connectivity index (χ4v) is 1.91. The third-order valence-electron chi connectivity index (χ3n) is 3.30. The number of esters is 1. The Morgan fingerprint density at radius 2 is 1.85 bits per heavy atom. The Bertz CT molecular complexity index is 674. The number of nitrogens with one attached hydrogen (secondary N) is 2. The number of carboxylic acid groups (broad SMARTS) is 1. The van der Waals surface area contributed by atoms with Crippen LogP contribution in [0, 0.1) is 0 Å². The van der Waals surface area contributed by atoms with Gasteiger partial charge < -0.3 is 26.2 Å². The average molecular weight is 363 g/mol. The molecule has 2 unspecified atom stereocenters. The number of ether oxygens (including phenoxy) is 1. The molecule has 0 saturated carbocycles. The quantitative estimate of drug-likeness (QED) is 0.324. The summed E-state index contributed by atoms with van der Waals surface area (Å²) in [5.41, 5.74) is 6.63. The lowest BCUT2D eigenvalue weighted by molar-refractivity contribution is -0.142. The van der Waals surface area contributed by atoms with Crippen molar-refractivity contribution in [3.63, 3.8) is 0 Å². The second kappa shape index (κ2) is 10.6. The van der Waals surface area contributed by atoms with Crippen LogP contribution in [-0.4, -0.2) is 54.6 Å². The molecule has 0 radical (unpaired) electrons. The van der Waals surface area contributed by atoms with Crippen molar-refractivity contribution in [1.82, 2.24) is 10.6 Å². The van der Waals surface area contributed by atoms with E-state index in [1.165, 1.54) is 0 Å². The van der Waals surface area contributed by atoms with Gasteiger partial charge in [-0.15, -0.1) is 0 Å². The van der Waals surface area contributed by atoms with Crippen LogP contribution in [0.15, 0.2) is 42.5 Å². The Morgan fingerprint density at radius 1 is 1.19 bits per heavy atom. The van der Waals surface area contributed by atoms with E-state index in [0.717, 1.165) is 24.8 Å². The standard InChI is InChI=1S/C17H21N3O6/c1-26-15(22)8-7-14(21)19-10-13(17(24)25)20-16(23)12(18)9-11-5-3-2-4-6-11/h2-8,12-13H,9-10,18H2,1H3,(H,19,21)(H,20,23)(H,24,25)/b8-7+. The van der Waals surface area contributed by atoms with E-state index in [1.807, 2.05) is 6.07 Å². The average Bonchev–Trinajstić information content (AvgIpc) is 2.63. The van der Waals surface area contributed by atoms with E-state index in [1.54, 1.807) is 24.3 Å². The minimum absolute atomic E-state index is 0.243. The van der Waals surface area contributed by atoms with Crippen LogP contribution in [-0.2, 0) is 30.3 Å². The van der Waals surface area contributed by atoms with Gasteiger partial charge in [0.25, 0.3) is 0 Å². The maximum Gasteiger partial charge on any atom is 0.330 e. The van der Waals surface area contributed by atoms with Crippen molar-refractivity contribution in [3.8, 4) is 0 Å². The van der Waals surface area contributed by atoms with Gasteiger partial charge in [-0.05, 0) is 12.0 Å². The molecule has 9 nitrogen and oxygen atoms in total. The fraction of sp³-hybridized carbons (Fsp3) is 0.294. The third kappa shape index (κ3) is 7.58. The minimum Gasteiger partial charge on any atom is -0.480 e. The molecule has 2 atom stereocenters. The Morgan fingerprint density at radius 3 is 2.42 bits per heavy atom. The molecule has 0 aliphatic heterocycles. The third-order valence-corrected chi connectivity index (χ3v) is 3.30. The van der Waals surface area contributed by atoms with Crippen molar-refractivity contribution in [3.05, 3.63) is 48.0 Å². The van der Waals surface area contributed by atoms with Crippen LogP contribution in [0.2, 0.25) is 0 Å². The van der Waals surface area contributed by atoms with Crippen LogP contribution < -0.4 is 16.4 Å². The molecule has 0 aromatic heterocycles. The number of amides is 2. The Kier molecular flexibility index (Phi) is 8.51. The SMILES string of the molecule is COC(=O)/C=C/C(=O)NCC(NC(=O)C(N)Cc1ccccc1)C(=O)O. The number of hydrogen-bond acceptors (Lipinski definition) is 6. The highest BCUT2D eigenvalue weighted by Crippen LogP contribution is 2.02. The number of rotatable bonds is 9. The van der Waals surface area contributed by atoms with Gasteiger partial charge in [-0.3, -0.25) is 9.59 Å². The van der Waals surface area contributed by atoms with Gasteiger partial charge >= 0.3 is 11.9 Å². The topological polar surface area (TPSA) is 148 Å². The summed E-state index contributed by atoms with van der Waals surface area (Å²) >= 11 is 0. The van der Waals surface area contributed by atoms with E-state index >= 15 is 0 Å². The Labute approximate surface area is 150 Å². The monoisotopic (exact) mass is 363 g/mol. The number of hydrogen-bond donors (Lipinski definition) is 4. The number of methoxy groups -OCH3 is 1. The molecule has 0 saturated heterocycles. The van der Waals surface area contributed by atoms with Gasteiger partial charge in [0.15, 0.2) is 0 Å². The first-order valence-corrected chi connectivity index (χ1v) is 7.70. The fourth-order valence-electron chi connectivity index (χ4n) is 1.91.